The quantitative estimate of drug-likeness (QED) is 0.947. The van der Waals surface area contributed by atoms with Crippen molar-refractivity contribution >= 4 is 15.9 Å². The summed E-state index contributed by atoms with van der Waals surface area (Å²) < 4.78 is 6.42. The van der Waals surface area contributed by atoms with Crippen LogP contribution in [-0.2, 0) is 5.41 Å². The van der Waals surface area contributed by atoms with Crippen LogP contribution in [0, 0.1) is 6.92 Å². The van der Waals surface area contributed by atoms with Gasteiger partial charge in [0.15, 0.2) is 0 Å². The summed E-state index contributed by atoms with van der Waals surface area (Å²) in [7, 11) is 0. The van der Waals surface area contributed by atoms with Gasteiger partial charge in [-0.2, -0.15) is 4.98 Å². The lowest BCUT2D eigenvalue weighted by molar-refractivity contribution is 0.347. The van der Waals surface area contributed by atoms with E-state index in [2.05, 4.69) is 26.1 Å². The van der Waals surface area contributed by atoms with Crippen molar-refractivity contribution in [1.29, 1.82) is 0 Å². The summed E-state index contributed by atoms with van der Waals surface area (Å²) in [5, 5.41) is 4.07. The van der Waals surface area contributed by atoms with Crippen LogP contribution < -0.4 is 5.73 Å². The summed E-state index contributed by atoms with van der Waals surface area (Å²) in [6.07, 6.45) is 2.09. The van der Waals surface area contributed by atoms with E-state index in [9.17, 15) is 0 Å². The Labute approximate surface area is 114 Å². The molecule has 1 fully saturated rings. The fourth-order valence-corrected chi connectivity index (χ4v) is 2.56. The normalized spacial score (nSPS) is 16.8. The van der Waals surface area contributed by atoms with Crippen LogP contribution in [0.4, 0.5) is 0 Å². The zero-order chi connectivity index (χ0) is 12.8. The van der Waals surface area contributed by atoms with E-state index in [1.54, 1.807) is 0 Å². The SMILES string of the molecule is Cc1cc(Br)ccc1-c1noc(C2(CN)CC2)n1. The number of nitrogens with two attached hydrogens (primary N) is 1. The highest BCUT2D eigenvalue weighted by atomic mass is 79.9. The lowest BCUT2D eigenvalue weighted by atomic mass is 10.1. The Hall–Kier alpha value is -1.20. The molecule has 3 rings (SSSR count). The maximum absolute atomic E-state index is 5.76. The van der Waals surface area contributed by atoms with E-state index in [0.717, 1.165) is 28.4 Å². The average Bonchev–Trinajstić information content (AvgIpc) is 3.00. The Bertz CT molecular complexity index is 590. The van der Waals surface area contributed by atoms with Crippen molar-refractivity contribution in [2.45, 2.75) is 25.2 Å². The highest BCUT2D eigenvalue weighted by Gasteiger charge is 2.48. The van der Waals surface area contributed by atoms with Crippen LogP contribution in [0.15, 0.2) is 27.2 Å². The number of aryl methyl sites for hydroxylation is 1. The van der Waals surface area contributed by atoms with E-state index in [-0.39, 0.29) is 5.41 Å². The fourth-order valence-electron chi connectivity index (χ4n) is 2.08. The van der Waals surface area contributed by atoms with Crippen molar-refractivity contribution in [3.05, 3.63) is 34.1 Å². The molecular formula is C13H14BrN3O. The van der Waals surface area contributed by atoms with Crippen molar-refractivity contribution in [1.82, 2.24) is 10.1 Å². The predicted octanol–water partition coefficient (Wildman–Crippen LogP) is 2.80. The maximum atomic E-state index is 5.76. The van der Waals surface area contributed by atoms with Gasteiger partial charge in [-0.15, -0.1) is 0 Å². The van der Waals surface area contributed by atoms with Crippen LogP contribution in [0.5, 0.6) is 0 Å². The molecule has 1 saturated carbocycles. The smallest absolute Gasteiger partial charge is 0.234 e. The van der Waals surface area contributed by atoms with Crippen LogP contribution in [0.1, 0.15) is 24.3 Å². The second kappa shape index (κ2) is 4.17. The van der Waals surface area contributed by atoms with E-state index >= 15 is 0 Å². The Balaban J connectivity index is 1.98. The van der Waals surface area contributed by atoms with Gasteiger partial charge in [-0.3, -0.25) is 0 Å². The Morgan fingerprint density at radius 3 is 2.83 bits per heavy atom. The molecule has 94 valence electrons. The molecular weight excluding hydrogens is 294 g/mol. The Kier molecular flexibility index (Phi) is 2.75. The molecule has 18 heavy (non-hydrogen) atoms. The molecule has 0 unspecified atom stereocenters. The van der Waals surface area contributed by atoms with Crippen molar-refractivity contribution in [2.75, 3.05) is 6.54 Å². The molecule has 0 atom stereocenters. The van der Waals surface area contributed by atoms with E-state index in [0.29, 0.717) is 18.3 Å². The molecule has 5 heteroatoms. The average molecular weight is 308 g/mol. The lowest BCUT2D eigenvalue weighted by Gasteiger charge is -2.04. The highest BCUT2D eigenvalue weighted by Crippen LogP contribution is 2.46. The molecule has 0 bridgehead atoms. The van der Waals surface area contributed by atoms with Gasteiger partial charge in [0.05, 0.1) is 5.41 Å². The minimum Gasteiger partial charge on any atom is -0.338 e. The van der Waals surface area contributed by atoms with Gasteiger partial charge >= 0.3 is 0 Å². The molecule has 4 nitrogen and oxygen atoms in total. The van der Waals surface area contributed by atoms with Crippen molar-refractivity contribution in [3.63, 3.8) is 0 Å². The third kappa shape index (κ3) is 1.87. The van der Waals surface area contributed by atoms with E-state index < -0.39 is 0 Å². The molecule has 1 aromatic carbocycles. The van der Waals surface area contributed by atoms with Gasteiger partial charge < -0.3 is 10.3 Å². The van der Waals surface area contributed by atoms with Crippen molar-refractivity contribution in [2.24, 2.45) is 5.73 Å². The molecule has 1 aliphatic rings. The van der Waals surface area contributed by atoms with Gasteiger partial charge in [0.1, 0.15) is 0 Å². The molecule has 0 amide bonds. The summed E-state index contributed by atoms with van der Waals surface area (Å²) in [4.78, 5) is 4.50. The van der Waals surface area contributed by atoms with Gasteiger partial charge in [-0.25, -0.2) is 0 Å². The minimum absolute atomic E-state index is 0.0471. The first-order chi connectivity index (χ1) is 8.64. The van der Waals surface area contributed by atoms with Crippen LogP contribution >= 0.6 is 15.9 Å². The van der Waals surface area contributed by atoms with E-state index in [1.807, 2.05) is 25.1 Å². The molecule has 0 saturated heterocycles. The summed E-state index contributed by atoms with van der Waals surface area (Å²) in [5.74, 6) is 1.33. The lowest BCUT2D eigenvalue weighted by Crippen LogP contribution is -2.19. The van der Waals surface area contributed by atoms with Gasteiger partial charge in [-0.1, -0.05) is 21.1 Å². The summed E-state index contributed by atoms with van der Waals surface area (Å²) in [5.41, 5.74) is 7.84. The molecule has 0 radical (unpaired) electrons. The van der Waals surface area contributed by atoms with Gasteiger partial charge in [0.2, 0.25) is 11.7 Å². The van der Waals surface area contributed by atoms with Crippen LogP contribution in [0.2, 0.25) is 0 Å². The maximum Gasteiger partial charge on any atom is 0.234 e. The zero-order valence-electron chi connectivity index (χ0n) is 10.1. The minimum atomic E-state index is -0.0471. The Morgan fingerprint density at radius 1 is 1.44 bits per heavy atom. The number of hydrogen-bond acceptors (Lipinski definition) is 4. The summed E-state index contributed by atoms with van der Waals surface area (Å²) in [6.45, 7) is 2.61. The first-order valence-corrected chi connectivity index (χ1v) is 6.75. The van der Waals surface area contributed by atoms with Crippen molar-refractivity contribution < 1.29 is 4.52 Å². The number of benzene rings is 1. The second-order valence-electron chi connectivity index (χ2n) is 4.87. The van der Waals surface area contributed by atoms with Crippen LogP contribution in [0.3, 0.4) is 0 Å². The number of nitrogens with zero attached hydrogens (tertiary/aromatic N) is 2. The first-order valence-electron chi connectivity index (χ1n) is 5.95. The Morgan fingerprint density at radius 2 is 2.22 bits per heavy atom. The van der Waals surface area contributed by atoms with Gasteiger partial charge in [0.25, 0.3) is 0 Å². The second-order valence-corrected chi connectivity index (χ2v) is 5.78. The number of hydrogen-bond donors (Lipinski definition) is 1. The third-order valence-electron chi connectivity index (χ3n) is 3.55. The predicted molar refractivity (Wildman–Crippen MR) is 72.1 cm³/mol. The first kappa shape index (κ1) is 11.9. The number of rotatable bonds is 3. The largest absolute Gasteiger partial charge is 0.338 e. The zero-order valence-corrected chi connectivity index (χ0v) is 11.7. The molecule has 0 spiro atoms. The third-order valence-corrected chi connectivity index (χ3v) is 4.05. The van der Waals surface area contributed by atoms with Gasteiger partial charge in [0, 0.05) is 16.6 Å². The molecule has 1 heterocycles. The monoisotopic (exact) mass is 307 g/mol. The highest BCUT2D eigenvalue weighted by molar-refractivity contribution is 9.10. The van der Waals surface area contributed by atoms with Crippen molar-refractivity contribution in [3.8, 4) is 11.4 Å². The molecule has 1 aliphatic carbocycles. The molecule has 2 aromatic rings. The van der Waals surface area contributed by atoms with Crippen LogP contribution in [0.25, 0.3) is 11.4 Å². The van der Waals surface area contributed by atoms with E-state index in [4.69, 9.17) is 10.3 Å². The van der Waals surface area contributed by atoms with E-state index in [1.165, 1.54) is 0 Å². The molecule has 2 N–H and O–H groups in total. The number of aromatic nitrogens is 2. The summed E-state index contributed by atoms with van der Waals surface area (Å²) in [6, 6.07) is 6.02. The van der Waals surface area contributed by atoms with Gasteiger partial charge in [-0.05, 0) is 43.5 Å². The van der Waals surface area contributed by atoms with Crippen LogP contribution in [-0.4, -0.2) is 16.7 Å². The standard InChI is InChI=1S/C13H14BrN3O/c1-8-6-9(14)2-3-10(8)11-16-12(18-17-11)13(7-15)4-5-13/h2-3,6H,4-5,7,15H2,1H3. The molecule has 0 aliphatic heterocycles. The topological polar surface area (TPSA) is 64.9 Å². The fraction of sp³-hybridized carbons (Fsp3) is 0.385. The summed E-state index contributed by atoms with van der Waals surface area (Å²) >= 11 is 3.45. The molecule has 1 aromatic heterocycles. The number of halogens is 1.